The van der Waals surface area contributed by atoms with E-state index in [1.54, 1.807) is 11.3 Å². The molecule has 0 aromatic carbocycles. The maximum Gasteiger partial charge on any atom is 0.186 e. The number of nitrogens with zero attached hydrogens (tertiary/aromatic N) is 3. The van der Waals surface area contributed by atoms with Crippen molar-refractivity contribution in [2.75, 3.05) is 0 Å². The quantitative estimate of drug-likeness (QED) is 0.786. The van der Waals surface area contributed by atoms with Crippen LogP contribution in [0.5, 0.6) is 0 Å². The van der Waals surface area contributed by atoms with Gasteiger partial charge in [0.2, 0.25) is 0 Å². The second-order valence-corrected chi connectivity index (χ2v) is 5.09. The minimum absolute atomic E-state index is 0.651. The average Bonchev–Trinajstić information content (AvgIpc) is 3.04. The summed E-state index contributed by atoms with van der Waals surface area (Å²) in [4.78, 5) is 5.75. The van der Waals surface area contributed by atoms with E-state index < -0.39 is 0 Å². The van der Waals surface area contributed by atoms with E-state index in [1.165, 1.54) is 4.88 Å². The summed E-state index contributed by atoms with van der Waals surface area (Å²) < 4.78 is 5.12. The molecule has 0 radical (unpaired) electrons. The Bertz CT molecular complexity index is 634. The molecule has 0 aliphatic heterocycles. The Kier molecular flexibility index (Phi) is 2.71. The van der Waals surface area contributed by atoms with Gasteiger partial charge in [-0.05, 0) is 25.3 Å². The standard InChI is InChI=1S/C12H12N4OS/c1-7-11(8(2)17-16-7)12-13-10(14-15-12)6-9-4-3-5-18-9/h3-5H,6H2,1-2H3,(H,13,14,15). The average molecular weight is 260 g/mol. The Morgan fingerprint density at radius 1 is 1.39 bits per heavy atom. The predicted molar refractivity (Wildman–Crippen MR) is 68.5 cm³/mol. The van der Waals surface area contributed by atoms with Crippen LogP contribution in [-0.2, 0) is 6.42 Å². The molecule has 0 amide bonds. The van der Waals surface area contributed by atoms with Gasteiger partial charge in [0.1, 0.15) is 11.6 Å². The van der Waals surface area contributed by atoms with Gasteiger partial charge in [-0.15, -0.1) is 11.3 Å². The van der Waals surface area contributed by atoms with Gasteiger partial charge in [-0.3, -0.25) is 5.10 Å². The minimum Gasteiger partial charge on any atom is -0.361 e. The molecule has 0 atom stereocenters. The number of hydrogen-bond acceptors (Lipinski definition) is 5. The fourth-order valence-electron chi connectivity index (χ4n) is 1.87. The van der Waals surface area contributed by atoms with Crippen molar-refractivity contribution in [3.05, 3.63) is 39.7 Å². The van der Waals surface area contributed by atoms with Gasteiger partial charge in [0.05, 0.1) is 11.3 Å². The van der Waals surface area contributed by atoms with E-state index in [-0.39, 0.29) is 0 Å². The maximum atomic E-state index is 5.12. The summed E-state index contributed by atoms with van der Waals surface area (Å²) >= 11 is 1.71. The van der Waals surface area contributed by atoms with E-state index in [2.05, 4.69) is 31.8 Å². The van der Waals surface area contributed by atoms with Crippen LogP contribution in [0.15, 0.2) is 22.0 Å². The molecule has 0 bridgehead atoms. The lowest BCUT2D eigenvalue weighted by Gasteiger charge is -1.91. The first-order valence-corrected chi connectivity index (χ1v) is 6.49. The van der Waals surface area contributed by atoms with Gasteiger partial charge in [-0.2, -0.15) is 5.10 Å². The molecule has 3 aromatic rings. The monoisotopic (exact) mass is 260 g/mol. The van der Waals surface area contributed by atoms with Gasteiger partial charge in [0, 0.05) is 11.3 Å². The van der Waals surface area contributed by atoms with Crippen molar-refractivity contribution in [2.45, 2.75) is 20.3 Å². The smallest absolute Gasteiger partial charge is 0.186 e. The fourth-order valence-corrected chi connectivity index (χ4v) is 2.58. The van der Waals surface area contributed by atoms with Crippen molar-refractivity contribution in [1.29, 1.82) is 0 Å². The number of hydrogen-bond donors (Lipinski definition) is 1. The van der Waals surface area contributed by atoms with E-state index in [4.69, 9.17) is 4.52 Å². The highest BCUT2D eigenvalue weighted by Crippen LogP contribution is 2.23. The van der Waals surface area contributed by atoms with Crippen LogP contribution in [0.3, 0.4) is 0 Å². The van der Waals surface area contributed by atoms with Gasteiger partial charge in [0.25, 0.3) is 0 Å². The highest BCUT2D eigenvalue weighted by atomic mass is 32.1. The first kappa shape index (κ1) is 11.2. The van der Waals surface area contributed by atoms with Crippen molar-refractivity contribution in [3.63, 3.8) is 0 Å². The minimum atomic E-state index is 0.651. The zero-order valence-corrected chi connectivity index (χ0v) is 10.9. The van der Waals surface area contributed by atoms with E-state index in [0.717, 1.165) is 29.3 Å². The Labute approximate surface area is 108 Å². The molecule has 3 aromatic heterocycles. The molecular formula is C12H12N4OS. The highest BCUT2D eigenvalue weighted by molar-refractivity contribution is 7.09. The molecule has 0 aliphatic rings. The van der Waals surface area contributed by atoms with Crippen molar-refractivity contribution < 1.29 is 4.52 Å². The van der Waals surface area contributed by atoms with E-state index >= 15 is 0 Å². The van der Waals surface area contributed by atoms with Crippen molar-refractivity contribution in [2.24, 2.45) is 0 Å². The lowest BCUT2D eigenvalue weighted by atomic mass is 10.2. The first-order chi connectivity index (χ1) is 8.74. The highest BCUT2D eigenvalue weighted by Gasteiger charge is 2.16. The molecule has 6 heteroatoms. The second-order valence-electron chi connectivity index (χ2n) is 4.06. The molecule has 18 heavy (non-hydrogen) atoms. The molecule has 92 valence electrons. The largest absolute Gasteiger partial charge is 0.361 e. The number of aromatic amines is 1. The third-order valence-electron chi connectivity index (χ3n) is 2.71. The molecule has 5 nitrogen and oxygen atoms in total. The molecule has 0 saturated heterocycles. The fraction of sp³-hybridized carbons (Fsp3) is 0.250. The van der Waals surface area contributed by atoms with E-state index in [0.29, 0.717) is 5.82 Å². The van der Waals surface area contributed by atoms with E-state index in [1.807, 2.05) is 19.9 Å². The lowest BCUT2D eigenvalue weighted by molar-refractivity contribution is 0.393. The zero-order valence-electron chi connectivity index (χ0n) is 10.1. The molecule has 3 heterocycles. The zero-order chi connectivity index (χ0) is 12.5. The summed E-state index contributed by atoms with van der Waals surface area (Å²) in [6.45, 7) is 3.76. The van der Waals surface area contributed by atoms with Gasteiger partial charge >= 0.3 is 0 Å². The molecule has 0 unspecified atom stereocenters. The number of nitrogens with one attached hydrogen (secondary N) is 1. The Balaban J connectivity index is 1.90. The van der Waals surface area contributed by atoms with Crippen LogP contribution in [0.1, 0.15) is 22.2 Å². The predicted octanol–water partition coefficient (Wildman–Crippen LogP) is 2.73. The van der Waals surface area contributed by atoms with Crippen LogP contribution in [0.4, 0.5) is 0 Å². The van der Waals surface area contributed by atoms with Crippen LogP contribution in [-0.4, -0.2) is 20.3 Å². The number of rotatable bonds is 3. The lowest BCUT2D eigenvalue weighted by Crippen LogP contribution is -1.88. The third-order valence-corrected chi connectivity index (χ3v) is 3.59. The van der Waals surface area contributed by atoms with Crippen molar-refractivity contribution >= 4 is 11.3 Å². The third kappa shape index (κ3) is 1.95. The van der Waals surface area contributed by atoms with Gasteiger partial charge in [-0.25, -0.2) is 4.98 Å². The number of thiophene rings is 1. The Hall–Kier alpha value is -1.95. The second kappa shape index (κ2) is 4.38. The number of H-pyrrole nitrogens is 1. The summed E-state index contributed by atoms with van der Waals surface area (Å²) in [6.07, 6.45) is 0.772. The number of aromatic nitrogens is 4. The van der Waals surface area contributed by atoms with E-state index in [9.17, 15) is 0 Å². The van der Waals surface area contributed by atoms with Crippen LogP contribution < -0.4 is 0 Å². The van der Waals surface area contributed by atoms with Gasteiger partial charge < -0.3 is 4.52 Å². The molecule has 0 spiro atoms. The first-order valence-electron chi connectivity index (χ1n) is 5.61. The normalized spacial score (nSPS) is 11.0. The summed E-state index contributed by atoms with van der Waals surface area (Å²) in [5, 5.41) is 13.2. The summed E-state index contributed by atoms with van der Waals surface area (Å²) in [5.74, 6) is 2.25. The molecule has 0 saturated carbocycles. The Morgan fingerprint density at radius 3 is 2.94 bits per heavy atom. The van der Waals surface area contributed by atoms with Crippen LogP contribution in [0, 0.1) is 13.8 Å². The summed E-state index contributed by atoms with van der Waals surface area (Å²) in [5.41, 5.74) is 1.69. The Morgan fingerprint density at radius 2 is 2.28 bits per heavy atom. The van der Waals surface area contributed by atoms with Gasteiger partial charge in [0.15, 0.2) is 5.82 Å². The SMILES string of the molecule is Cc1noc(C)c1-c1n[nH]c(Cc2cccs2)n1. The molecule has 1 N–H and O–H groups in total. The maximum absolute atomic E-state index is 5.12. The van der Waals surface area contributed by atoms with Crippen molar-refractivity contribution in [3.8, 4) is 11.4 Å². The molecule has 0 aliphatic carbocycles. The van der Waals surface area contributed by atoms with Crippen molar-refractivity contribution in [1.82, 2.24) is 20.3 Å². The van der Waals surface area contributed by atoms with Crippen LogP contribution in [0.25, 0.3) is 11.4 Å². The number of aryl methyl sites for hydroxylation is 2. The molecule has 3 rings (SSSR count). The van der Waals surface area contributed by atoms with Gasteiger partial charge in [-0.1, -0.05) is 11.2 Å². The molecule has 0 fully saturated rings. The summed E-state index contributed by atoms with van der Waals surface area (Å²) in [6, 6.07) is 4.12. The summed E-state index contributed by atoms with van der Waals surface area (Å²) in [7, 11) is 0. The van der Waals surface area contributed by atoms with Crippen LogP contribution in [0.2, 0.25) is 0 Å². The molecular weight excluding hydrogens is 248 g/mol. The topological polar surface area (TPSA) is 67.6 Å². The van der Waals surface area contributed by atoms with Crippen LogP contribution >= 0.6 is 11.3 Å².